The molecule has 18 heavy (non-hydrogen) atoms. The van der Waals surface area contributed by atoms with Crippen LogP contribution in [0.25, 0.3) is 0 Å². The summed E-state index contributed by atoms with van der Waals surface area (Å²) in [6.45, 7) is 0. The lowest BCUT2D eigenvalue weighted by atomic mass is 9.85. The van der Waals surface area contributed by atoms with Crippen molar-refractivity contribution in [2.45, 2.75) is 12.0 Å². The third-order valence-corrected chi connectivity index (χ3v) is 4.01. The molecule has 2 heteroatoms. The van der Waals surface area contributed by atoms with E-state index < -0.39 is 0 Å². The first-order valence-electron chi connectivity index (χ1n) is 6.37. The Morgan fingerprint density at radius 1 is 0.944 bits per heavy atom. The second kappa shape index (κ2) is 3.45. The van der Waals surface area contributed by atoms with E-state index in [1.54, 1.807) is 0 Å². The Morgan fingerprint density at radius 3 is 2.56 bits per heavy atom. The summed E-state index contributed by atoms with van der Waals surface area (Å²) in [7, 11) is 2.12. The molecule has 4 rings (SSSR count). The van der Waals surface area contributed by atoms with Crippen molar-refractivity contribution in [2.75, 3.05) is 12.4 Å². The van der Waals surface area contributed by atoms with E-state index in [1.165, 1.54) is 22.5 Å². The molecule has 1 N–H and O–H groups in total. The van der Waals surface area contributed by atoms with E-state index in [1.807, 2.05) is 0 Å². The number of benzene rings is 2. The van der Waals surface area contributed by atoms with Crippen LogP contribution >= 0.6 is 0 Å². The molecule has 0 fully saturated rings. The van der Waals surface area contributed by atoms with Crippen LogP contribution in [-0.2, 0) is 0 Å². The van der Waals surface area contributed by atoms with Gasteiger partial charge in [-0.2, -0.15) is 0 Å². The predicted octanol–water partition coefficient (Wildman–Crippen LogP) is 2.97. The number of hydrogen-bond acceptors (Lipinski definition) is 1. The first-order valence-corrected chi connectivity index (χ1v) is 6.37. The van der Waals surface area contributed by atoms with Crippen molar-refractivity contribution in [3.8, 4) is 0 Å². The van der Waals surface area contributed by atoms with Gasteiger partial charge in [0.15, 0.2) is 6.21 Å². The Labute approximate surface area is 107 Å². The summed E-state index contributed by atoms with van der Waals surface area (Å²) in [5.41, 5.74) is 5.43. The zero-order valence-corrected chi connectivity index (χ0v) is 10.3. The van der Waals surface area contributed by atoms with E-state index in [9.17, 15) is 0 Å². The largest absolute Gasteiger partial charge is 0.372 e. The Kier molecular flexibility index (Phi) is 1.90. The molecule has 0 radical (unpaired) electrons. The van der Waals surface area contributed by atoms with Crippen LogP contribution in [0.15, 0.2) is 48.5 Å². The van der Waals surface area contributed by atoms with Crippen molar-refractivity contribution < 1.29 is 4.58 Å². The SMILES string of the molecule is C[N+]1=CC2Nc3ccccc3C2c2ccccc21. The van der Waals surface area contributed by atoms with Gasteiger partial charge < -0.3 is 5.32 Å². The molecule has 0 amide bonds. The maximum atomic E-state index is 3.61. The van der Waals surface area contributed by atoms with Gasteiger partial charge in [0.05, 0.1) is 0 Å². The van der Waals surface area contributed by atoms with Gasteiger partial charge in [-0.1, -0.05) is 36.4 Å². The summed E-state index contributed by atoms with van der Waals surface area (Å²) in [5, 5.41) is 3.61. The molecule has 2 atom stereocenters. The van der Waals surface area contributed by atoms with Gasteiger partial charge in [-0.3, -0.25) is 0 Å². The zero-order valence-electron chi connectivity index (χ0n) is 10.3. The first-order chi connectivity index (χ1) is 8.84. The quantitative estimate of drug-likeness (QED) is 0.694. The van der Waals surface area contributed by atoms with E-state index in [4.69, 9.17) is 0 Å². The second-order valence-electron chi connectivity index (χ2n) is 5.05. The maximum Gasteiger partial charge on any atom is 0.208 e. The average Bonchev–Trinajstić information content (AvgIpc) is 2.77. The number of anilines is 1. The fourth-order valence-corrected chi connectivity index (χ4v) is 3.23. The van der Waals surface area contributed by atoms with Crippen LogP contribution in [0.4, 0.5) is 11.4 Å². The molecule has 2 unspecified atom stereocenters. The highest BCUT2D eigenvalue weighted by Gasteiger charge is 2.40. The fraction of sp³-hybridized carbons (Fsp3) is 0.188. The lowest BCUT2D eigenvalue weighted by Gasteiger charge is -2.21. The lowest BCUT2D eigenvalue weighted by molar-refractivity contribution is -0.404. The summed E-state index contributed by atoms with van der Waals surface area (Å²) in [6.07, 6.45) is 2.28. The molecule has 2 nitrogen and oxygen atoms in total. The molecule has 0 aliphatic carbocycles. The molecule has 2 heterocycles. The molecular formula is C16H15N2+. The summed E-state index contributed by atoms with van der Waals surface area (Å²) in [5.74, 6) is 0.452. The molecule has 0 saturated heterocycles. The minimum absolute atomic E-state index is 0.377. The van der Waals surface area contributed by atoms with Crippen molar-refractivity contribution >= 4 is 17.6 Å². The van der Waals surface area contributed by atoms with Crippen LogP contribution < -0.4 is 5.32 Å². The smallest absolute Gasteiger partial charge is 0.208 e. The molecule has 2 aliphatic rings. The van der Waals surface area contributed by atoms with E-state index in [0.717, 1.165) is 0 Å². The second-order valence-corrected chi connectivity index (χ2v) is 5.05. The van der Waals surface area contributed by atoms with Crippen LogP contribution in [-0.4, -0.2) is 23.9 Å². The number of fused-ring (bicyclic) bond motifs is 5. The van der Waals surface area contributed by atoms with Crippen LogP contribution in [0.5, 0.6) is 0 Å². The van der Waals surface area contributed by atoms with Crippen LogP contribution in [0.3, 0.4) is 0 Å². The third kappa shape index (κ3) is 1.20. The monoisotopic (exact) mass is 235 g/mol. The Hall–Kier alpha value is -2.09. The number of nitrogens with zero attached hydrogens (tertiary/aromatic N) is 1. The molecule has 0 aromatic heterocycles. The Bertz CT molecular complexity index is 658. The highest BCUT2D eigenvalue weighted by atomic mass is 15.1. The molecular weight excluding hydrogens is 220 g/mol. The summed E-state index contributed by atoms with van der Waals surface area (Å²) < 4.78 is 2.23. The molecule has 2 aliphatic heterocycles. The van der Waals surface area contributed by atoms with Crippen LogP contribution in [0.1, 0.15) is 17.0 Å². The van der Waals surface area contributed by atoms with Gasteiger partial charge in [0, 0.05) is 23.2 Å². The maximum absolute atomic E-state index is 3.61. The fourth-order valence-electron chi connectivity index (χ4n) is 3.23. The highest BCUT2D eigenvalue weighted by Crippen LogP contribution is 2.44. The minimum Gasteiger partial charge on any atom is -0.372 e. The molecule has 0 saturated carbocycles. The molecule has 2 aromatic rings. The molecule has 0 bridgehead atoms. The van der Waals surface area contributed by atoms with Gasteiger partial charge in [-0.25, -0.2) is 4.58 Å². The van der Waals surface area contributed by atoms with Crippen LogP contribution in [0.2, 0.25) is 0 Å². The predicted molar refractivity (Wildman–Crippen MR) is 74.0 cm³/mol. The number of para-hydroxylation sites is 2. The van der Waals surface area contributed by atoms with Crippen molar-refractivity contribution in [2.24, 2.45) is 0 Å². The highest BCUT2D eigenvalue weighted by molar-refractivity contribution is 5.80. The topological polar surface area (TPSA) is 15.0 Å². The lowest BCUT2D eigenvalue weighted by Crippen LogP contribution is -2.31. The normalized spacial score (nSPS) is 23.5. The van der Waals surface area contributed by atoms with Gasteiger partial charge in [0.1, 0.15) is 13.1 Å². The Morgan fingerprint density at radius 2 is 1.67 bits per heavy atom. The first kappa shape index (κ1) is 9.89. The standard InChI is InChI=1S/C16H15N2/c1-18-10-14-16(12-7-3-5-9-15(12)18)11-6-2-4-8-13(11)17-14/h2-10,14,16-17H,1H3/q+1. The van der Waals surface area contributed by atoms with E-state index >= 15 is 0 Å². The van der Waals surface area contributed by atoms with Crippen molar-refractivity contribution in [1.82, 2.24) is 0 Å². The summed E-state index contributed by atoms with van der Waals surface area (Å²) in [6, 6.07) is 17.7. The summed E-state index contributed by atoms with van der Waals surface area (Å²) in [4.78, 5) is 0. The number of hydrogen-bond donors (Lipinski definition) is 1. The minimum atomic E-state index is 0.377. The third-order valence-electron chi connectivity index (χ3n) is 4.01. The van der Waals surface area contributed by atoms with Crippen molar-refractivity contribution in [1.29, 1.82) is 0 Å². The van der Waals surface area contributed by atoms with E-state index in [2.05, 4.69) is 71.7 Å². The molecule has 0 spiro atoms. The number of nitrogens with one attached hydrogen (secondary N) is 1. The van der Waals surface area contributed by atoms with Crippen LogP contribution in [0, 0.1) is 0 Å². The van der Waals surface area contributed by atoms with E-state index in [0.29, 0.717) is 12.0 Å². The van der Waals surface area contributed by atoms with Crippen molar-refractivity contribution in [3.63, 3.8) is 0 Å². The average molecular weight is 235 g/mol. The van der Waals surface area contributed by atoms with Gasteiger partial charge in [0.2, 0.25) is 5.69 Å². The molecule has 2 aromatic carbocycles. The van der Waals surface area contributed by atoms with Gasteiger partial charge in [-0.15, -0.1) is 0 Å². The zero-order chi connectivity index (χ0) is 12.1. The van der Waals surface area contributed by atoms with Crippen molar-refractivity contribution in [3.05, 3.63) is 59.7 Å². The number of rotatable bonds is 0. The summed E-state index contributed by atoms with van der Waals surface area (Å²) >= 11 is 0. The molecule has 88 valence electrons. The van der Waals surface area contributed by atoms with E-state index in [-0.39, 0.29) is 0 Å². The van der Waals surface area contributed by atoms with Gasteiger partial charge in [-0.05, 0) is 11.6 Å². The van der Waals surface area contributed by atoms with Gasteiger partial charge >= 0.3 is 0 Å². The Balaban J connectivity index is 1.97. The van der Waals surface area contributed by atoms with Gasteiger partial charge in [0.25, 0.3) is 0 Å².